The molecule has 4 rings (SSSR count). The summed E-state index contributed by atoms with van der Waals surface area (Å²) >= 11 is 1.13. The molecule has 0 aliphatic carbocycles. The first kappa shape index (κ1) is 23.2. The molecular weight excluding hydrogens is 454 g/mol. The third-order valence-electron chi connectivity index (χ3n) is 4.74. The maximum atomic E-state index is 13.3. The molecule has 0 spiro atoms. The summed E-state index contributed by atoms with van der Waals surface area (Å²) in [6.07, 6.45) is 3.24. The molecule has 0 radical (unpaired) electrons. The smallest absolute Gasteiger partial charge is 0.320 e. The van der Waals surface area contributed by atoms with Crippen LogP contribution in [0.25, 0.3) is 6.08 Å². The number of aryl methyl sites for hydroxylation is 1. The topological polar surface area (TPSA) is 107 Å². The Hall–Kier alpha value is -3.92. The number of thioether (sulfide) groups is 1. The standard InChI is InChI=1S/C24H23N5O4S/c1-3-28-15-22(33-27-28)26-21(30)16-34-24-25-19(14-17-10-8-9-13-20(17)32-4-2)23(31)29(24)18-11-6-5-7-12-18/h5-15H,3-4,16H2,1-2H3/b19-14+. The molecule has 0 saturated heterocycles. The fraction of sp³-hybridized carbons (Fsp3) is 0.208. The van der Waals surface area contributed by atoms with Gasteiger partial charge in [-0.05, 0) is 44.0 Å². The number of hydrogen-bond acceptors (Lipinski definition) is 8. The second kappa shape index (κ2) is 10.8. The molecule has 2 heterocycles. The van der Waals surface area contributed by atoms with Crippen LogP contribution < -0.4 is 19.4 Å². The number of rotatable bonds is 8. The van der Waals surface area contributed by atoms with Crippen molar-refractivity contribution < 1.29 is 23.8 Å². The molecular formula is C24H23N5O4S. The molecule has 0 unspecified atom stereocenters. The molecule has 0 bridgehead atoms. The Labute approximate surface area is 201 Å². The maximum absolute atomic E-state index is 13.3. The van der Waals surface area contributed by atoms with Gasteiger partial charge < -0.3 is 9.84 Å². The minimum atomic E-state index is -0.424. The molecule has 34 heavy (non-hydrogen) atoms. The van der Waals surface area contributed by atoms with E-state index in [1.54, 1.807) is 12.3 Å². The highest BCUT2D eigenvalue weighted by Gasteiger charge is 2.32. The van der Waals surface area contributed by atoms with Crippen LogP contribution in [-0.4, -0.2) is 34.6 Å². The van der Waals surface area contributed by atoms with E-state index in [0.717, 1.165) is 17.3 Å². The number of aliphatic imine (C=N–C) groups is 2. The third-order valence-corrected chi connectivity index (χ3v) is 5.66. The second-order valence-corrected chi connectivity index (χ2v) is 8.00. The van der Waals surface area contributed by atoms with Gasteiger partial charge in [-0.3, -0.25) is 14.2 Å². The molecule has 10 heteroatoms. The van der Waals surface area contributed by atoms with E-state index in [-0.39, 0.29) is 23.2 Å². The summed E-state index contributed by atoms with van der Waals surface area (Å²) in [7, 11) is 0. The molecule has 1 aromatic heterocycles. The molecule has 0 atom stereocenters. The van der Waals surface area contributed by atoms with E-state index in [4.69, 9.17) is 9.26 Å². The predicted octanol–water partition coefficient (Wildman–Crippen LogP) is 2.95. The first-order chi connectivity index (χ1) is 16.6. The molecule has 1 aliphatic heterocycles. The molecule has 0 N–H and O–H groups in total. The largest absolute Gasteiger partial charge is 0.861 e. The van der Waals surface area contributed by atoms with Gasteiger partial charge in [0.1, 0.15) is 11.4 Å². The fourth-order valence-corrected chi connectivity index (χ4v) is 3.98. The summed E-state index contributed by atoms with van der Waals surface area (Å²) in [4.78, 5) is 23.3. The van der Waals surface area contributed by atoms with Crippen LogP contribution in [0.5, 0.6) is 5.75 Å². The summed E-state index contributed by atoms with van der Waals surface area (Å²) < 4.78 is 12.2. The third kappa shape index (κ3) is 5.34. The summed E-state index contributed by atoms with van der Waals surface area (Å²) in [6.45, 7) is 4.91. The highest BCUT2D eigenvalue weighted by molar-refractivity contribution is 8.14. The summed E-state index contributed by atoms with van der Waals surface area (Å²) in [6, 6.07) is 16.6. The number of amidine groups is 1. The summed E-state index contributed by atoms with van der Waals surface area (Å²) in [5, 5.41) is 16.5. The highest BCUT2D eigenvalue weighted by atomic mass is 32.2. The molecule has 0 saturated carbocycles. The Morgan fingerprint density at radius 2 is 1.97 bits per heavy atom. The van der Waals surface area contributed by atoms with Crippen molar-refractivity contribution in [2.75, 3.05) is 17.3 Å². The second-order valence-electron chi connectivity index (χ2n) is 7.06. The van der Waals surface area contributed by atoms with Crippen LogP contribution in [0.15, 0.2) is 81.0 Å². The van der Waals surface area contributed by atoms with E-state index in [1.165, 1.54) is 9.58 Å². The van der Waals surface area contributed by atoms with Crippen molar-refractivity contribution in [3.63, 3.8) is 0 Å². The van der Waals surface area contributed by atoms with Gasteiger partial charge in [0, 0.05) is 11.3 Å². The van der Waals surface area contributed by atoms with Crippen LogP contribution in [0.2, 0.25) is 0 Å². The Balaban J connectivity index is 1.61. The van der Waals surface area contributed by atoms with Crippen molar-refractivity contribution in [2.45, 2.75) is 20.4 Å². The number of nitrogens with zero attached hydrogens (tertiary/aromatic N) is 5. The lowest BCUT2D eigenvalue weighted by Gasteiger charge is -2.18. The van der Waals surface area contributed by atoms with Gasteiger partial charge in [0.15, 0.2) is 11.7 Å². The van der Waals surface area contributed by atoms with E-state index >= 15 is 0 Å². The minimum Gasteiger partial charge on any atom is -0.861 e. The van der Waals surface area contributed by atoms with Crippen molar-refractivity contribution >= 4 is 46.4 Å². The molecule has 3 aromatic rings. The van der Waals surface area contributed by atoms with E-state index in [0.29, 0.717) is 29.8 Å². The van der Waals surface area contributed by atoms with Gasteiger partial charge in [-0.1, -0.05) is 52.8 Å². The predicted molar refractivity (Wildman–Crippen MR) is 129 cm³/mol. The van der Waals surface area contributed by atoms with Crippen molar-refractivity contribution in [1.29, 1.82) is 0 Å². The lowest BCUT2D eigenvalue weighted by atomic mass is 10.1. The first-order valence-corrected chi connectivity index (χ1v) is 11.7. The zero-order valence-corrected chi connectivity index (χ0v) is 19.6. The number of anilines is 1. The van der Waals surface area contributed by atoms with E-state index in [1.807, 2.05) is 68.4 Å². The van der Waals surface area contributed by atoms with Crippen LogP contribution in [-0.2, 0) is 11.3 Å². The zero-order chi connectivity index (χ0) is 23.9. The number of amides is 1. The quantitative estimate of drug-likeness (QED) is 0.214. The lowest BCUT2D eigenvalue weighted by molar-refractivity contribution is -0.759. The van der Waals surface area contributed by atoms with Gasteiger partial charge in [0.25, 0.3) is 12.1 Å². The van der Waals surface area contributed by atoms with E-state index < -0.39 is 5.90 Å². The van der Waals surface area contributed by atoms with Crippen LogP contribution in [0.4, 0.5) is 11.6 Å². The Bertz CT molecular complexity index is 1250. The van der Waals surface area contributed by atoms with Gasteiger partial charge in [-0.15, -0.1) is 0 Å². The van der Waals surface area contributed by atoms with Crippen LogP contribution in [0.1, 0.15) is 19.4 Å². The van der Waals surface area contributed by atoms with E-state index in [9.17, 15) is 9.90 Å². The van der Waals surface area contributed by atoms with Crippen LogP contribution >= 0.6 is 11.8 Å². The van der Waals surface area contributed by atoms with Gasteiger partial charge in [0.05, 0.1) is 12.3 Å². The first-order valence-electron chi connectivity index (χ1n) is 10.7. The molecule has 1 amide bonds. The lowest BCUT2D eigenvalue weighted by Crippen LogP contribution is -2.32. The number of ether oxygens (including phenoxy) is 1. The number of benzene rings is 2. The Morgan fingerprint density at radius 3 is 2.71 bits per heavy atom. The summed E-state index contributed by atoms with van der Waals surface area (Å²) in [5.41, 5.74) is 1.65. The molecule has 2 aromatic carbocycles. The normalized spacial score (nSPS) is 15.2. The van der Waals surface area contributed by atoms with Gasteiger partial charge in [-0.2, -0.15) is 0 Å². The number of carbonyl (C=O) groups excluding carboxylic acids is 1. The number of aromatic nitrogens is 2. The SMILES string of the molecule is CCOc1ccccc1/C=C1/N=C(SC/C([O-])=N\c2c[n+](CC)no2)N(c2ccccc2)C1=O. The fourth-order valence-electron chi connectivity index (χ4n) is 3.18. The van der Waals surface area contributed by atoms with Crippen LogP contribution in [0.3, 0.4) is 0 Å². The van der Waals surface area contributed by atoms with Gasteiger partial charge in [-0.25, -0.2) is 9.98 Å². The molecule has 174 valence electrons. The number of hydrogen-bond donors (Lipinski definition) is 0. The van der Waals surface area contributed by atoms with Gasteiger partial charge >= 0.3 is 5.88 Å². The van der Waals surface area contributed by atoms with E-state index in [2.05, 4.69) is 15.3 Å². The Kier molecular flexibility index (Phi) is 7.38. The minimum absolute atomic E-state index is 0.0227. The van der Waals surface area contributed by atoms with Crippen molar-refractivity contribution in [2.24, 2.45) is 9.98 Å². The number of carbonyl (C=O) groups is 1. The molecule has 9 nitrogen and oxygen atoms in total. The summed E-state index contributed by atoms with van der Waals surface area (Å²) in [5.74, 6) is 0.0591. The van der Waals surface area contributed by atoms with Gasteiger partial charge in [0.2, 0.25) is 5.27 Å². The van der Waals surface area contributed by atoms with Crippen molar-refractivity contribution in [3.05, 3.63) is 72.1 Å². The number of para-hydroxylation sites is 2. The highest BCUT2D eigenvalue weighted by Crippen LogP contribution is 2.31. The van der Waals surface area contributed by atoms with Crippen LogP contribution in [0, 0.1) is 0 Å². The van der Waals surface area contributed by atoms with Crippen molar-refractivity contribution in [3.8, 4) is 5.75 Å². The monoisotopic (exact) mass is 477 g/mol. The average molecular weight is 478 g/mol. The van der Waals surface area contributed by atoms with Crippen molar-refractivity contribution in [1.82, 2.24) is 5.27 Å². The Morgan fingerprint density at radius 1 is 1.21 bits per heavy atom. The average Bonchev–Trinajstić information content (AvgIpc) is 3.43. The molecule has 1 aliphatic rings. The maximum Gasteiger partial charge on any atom is 0.320 e. The molecule has 0 fully saturated rings. The zero-order valence-electron chi connectivity index (χ0n) is 18.7.